The highest BCUT2D eigenvalue weighted by atomic mass is 16.5. The number of ether oxygens (including phenoxy) is 2. The lowest BCUT2D eigenvalue weighted by Crippen LogP contribution is -2.13. The largest absolute Gasteiger partial charge is 0.462 e. The molecule has 0 radical (unpaired) electrons. The first kappa shape index (κ1) is 15.3. The molecule has 1 rings (SSSR count). The molecule has 5 heteroatoms. The smallest absolute Gasteiger partial charge is 0.375 e. The zero-order chi connectivity index (χ0) is 14.1. The van der Waals surface area contributed by atoms with E-state index in [1.54, 1.807) is 0 Å². The zero-order valence-electron chi connectivity index (χ0n) is 11.4. The summed E-state index contributed by atoms with van der Waals surface area (Å²) in [4.78, 5) is 23.5. The molecule has 0 amide bonds. The zero-order valence-corrected chi connectivity index (χ0v) is 11.4. The molecule has 0 fully saturated rings. The molecule has 0 aliphatic rings. The first-order valence-electron chi connectivity index (χ1n) is 6.62. The fourth-order valence-corrected chi connectivity index (χ4v) is 1.39. The van der Waals surface area contributed by atoms with Crippen LogP contribution in [0.15, 0.2) is 16.7 Å². The lowest BCUT2D eigenvalue weighted by molar-refractivity contribution is 0.0425. The Hall–Kier alpha value is -1.78. The maximum atomic E-state index is 11.7. The van der Waals surface area contributed by atoms with Crippen LogP contribution in [0.5, 0.6) is 0 Å². The summed E-state index contributed by atoms with van der Waals surface area (Å²) in [6.07, 6.45) is 4.72. The van der Waals surface area contributed by atoms with Crippen LogP contribution in [0.3, 0.4) is 0 Å². The molecule has 0 aromatic carbocycles. The van der Waals surface area contributed by atoms with E-state index in [9.17, 15) is 9.59 Å². The molecule has 1 aromatic rings. The Balaban J connectivity index is 2.58. The topological polar surface area (TPSA) is 65.7 Å². The molecule has 0 atom stereocenters. The molecule has 0 aliphatic carbocycles. The molecule has 106 valence electrons. The lowest BCUT2D eigenvalue weighted by atomic mass is 10.2. The molecule has 1 heterocycles. The van der Waals surface area contributed by atoms with Gasteiger partial charge in [0.1, 0.15) is 5.56 Å². The summed E-state index contributed by atoms with van der Waals surface area (Å²) in [6.45, 7) is 4.66. The molecule has 0 aliphatic heterocycles. The maximum absolute atomic E-state index is 11.7. The Morgan fingerprint density at radius 1 is 1.05 bits per heavy atom. The van der Waals surface area contributed by atoms with Crippen LogP contribution in [-0.4, -0.2) is 25.2 Å². The Morgan fingerprint density at radius 2 is 1.63 bits per heavy atom. The van der Waals surface area contributed by atoms with Gasteiger partial charge in [0.2, 0.25) is 5.76 Å². The number of rotatable bonds is 8. The summed E-state index contributed by atoms with van der Waals surface area (Å²) in [7, 11) is 0. The Morgan fingerprint density at radius 3 is 2.21 bits per heavy atom. The van der Waals surface area contributed by atoms with Crippen molar-refractivity contribution in [3.05, 3.63) is 23.7 Å². The van der Waals surface area contributed by atoms with Crippen LogP contribution >= 0.6 is 0 Å². The summed E-state index contributed by atoms with van der Waals surface area (Å²) in [5, 5.41) is 0. The summed E-state index contributed by atoms with van der Waals surface area (Å²) < 4.78 is 15.0. The average molecular weight is 268 g/mol. The minimum absolute atomic E-state index is 0.0856. The quantitative estimate of drug-likeness (QED) is 0.535. The van der Waals surface area contributed by atoms with Crippen molar-refractivity contribution in [2.24, 2.45) is 0 Å². The van der Waals surface area contributed by atoms with Crippen LogP contribution in [0.1, 0.15) is 60.4 Å². The summed E-state index contributed by atoms with van der Waals surface area (Å²) in [5.41, 5.74) is 0.123. The molecular formula is C14H20O5. The Bertz CT molecular complexity index is 371. The predicted octanol–water partition coefficient (Wildman–Crippen LogP) is 3.19. The summed E-state index contributed by atoms with van der Waals surface area (Å²) in [6, 6.07) is 1.42. The second-order valence-electron chi connectivity index (χ2n) is 4.14. The highest BCUT2D eigenvalue weighted by molar-refractivity contribution is 6.01. The predicted molar refractivity (Wildman–Crippen MR) is 69.1 cm³/mol. The van der Waals surface area contributed by atoms with Gasteiger partial charge in [0.15, 0.2) is 0 Å². The summed E-state index contributed by atoms with van der Waals surface area (Å²) >= 11 is 0. The van der Waals surface area contributed by atoms with Crippen molar-refractivity contribution in [1.29, 1.82) is 0 Å². The van der Waals surface area contributed by atoms with Crippen molar-refractivity contribution in [1.82, 2.24) is 0 Å². The number of carbonyl (C=O) groups excluding carboxylic acids is 2. The second-order valence-corrected chi connectivity index (χ2v) is 4.14. The molecule has 5 nitrogen and oxygen atoms in total. The van der Waals surface area contributed by atoms with Crippen molar-refractivity contribution in [3.63, 3.8) is 0 Å². The number of hydrogen-bond donors (Lipinski definition) is 0. The van der Waals surface area contributed by atoms with Gasteiger partial charge in [-0.25, -0.2) is 9.59 Å². The SMILES string of the molecule is CCCCOC(=O)c1ccoc1C(=O)OCCCC. The molecule has 0 saturated heterocycles. The van der Waals surface area contributed by atoms with Gasteiger partial charge in [0.05, 0.1) is 19.5 Å². The molecular weight excluding hydrogens is 248 g/mol. The first-order chi connectivity index (χ1) is 9.20. The first-order valence-corrected chi connectivity index (χ1v) is 6.62. The Labute approximate surface area is 112 Å². The van der Waals surface area contributed by atoms with E-state index < -0.39 is 11.9 Å². The Kier molecular flexibility index (Phi) is 6.71. The maximum Gasteiger partial charge on any atom is 0.375 e. The fourth-order valence-electron chi connectivity index (χ4n) is 1.39. The molecule has 1 aromatic heterocycles. The minimum atomic E-state index is -0.624. The van der Waals surface area contributed by atoms with Crippen LogP contribution in [0.25, 0.3) is 0 Å². The van der Waals surface area contributed by atoms with Crippen molar-refractivity contribution < 1.29 is 23.5 Å². The van der Waals surface area contributed by atoms with E-state index in [-0.39, 0.29) is 11.3 Å². The van der Waals surface area contributed by atoms with E-state index in [1.807, 2.05) is 13.8 Å². The van der Waals surface area contributed by atoms with Crippen molar-refractivity contribution >= 4 is 11.9 Å². The van der Waals surface area contributed by atoms with E-state index in [0.717, 1.165) is 25.7 Å². The standard InChI is InChI=1S/C14H20O5/c1-3-5-8-18-13(15)11-7-10-17-12(11)14(16)19-9-6-4-2/h7,10H,3-6,8-9H2,1-2H3. The van der Waals surface area contributed by atoms with E-state index >= 15 is 0 Å². The van der Waals surface area contributed by atoms with Gasteiger partial charge in [-0.1, -0.05) is 26.7 Å². The van der Waals surface area contributed by atoms with Crippen molar-refractivity contribution in [3.8, 4) is 0 Å². The van der Waals surface area contributed by atoms with Crippen molar-refractivity contribution in [2.45, 2.75) is 39.5 Å². The van der Waals surface area contributed by atoms with Crippen molar-refractivity contribution in [2.75, 3.05) is 13.2 Å². The third-order valence-electron chi connectivity index (χ3n) is 2.53. The molecule has 0 N–H and O–H groups in total. The average Bonchev–Trinajstić information content (AvgIpc) is 2.88. The van der Waals surface area contributed by atoms with Gasteiger partial charge in [-0.2, -0.15) is 0 Å². The van der Waals surface area contributed by atoms with E-state index in [0.29, 0.717) is 13.2 Å². The van der Waals surface area contributed by atoms with Gasteiger partial charge in [0.25, 0.3) is 0 Å². The number of unbranched alkanes of at least 4 members (excludes halogenated alkanes) is 2. The van der Waals surface area contributed by atoms with Crippen LogP contribution in [-0.2, 0) is 9.47 Å². The van der Waals surface area contributed by atoms with Crippen LogP contribution in [0, 0.1) is 0 Å². The highest BCUT2D eigenvalue weighted by Crippen LogP contribution is 2.14. The van der Waals surface area contributed by atoms with E-state index in [1.165, 1.54) is 12.3 Å². The third-order valence-corrected chi connectivity index (χ3v) is 2.53. The lowest BCUT2D eigenvalue weighted by Gasteiger charge is -2.04. The molecule has 0 spiro atoms. The molecule has 0 saturated carbocycles. The second kappa shape index (κ2) is 8.34. The fraction of sp³-hybridized carbons (Fsp3) is 0.571. The van der Waals surface area contributed by atoms with Crippen LogP contribution in [0.4, 0.5) is 0 Å². The number of carbonyl (C=O) groups is 2. The number of hydrogen-bond acceptors (Lipinski definition) is 5. The van der Waals surface area contributed by atoms with Crippen LogP contribution < -0.4 is 0 Å². The molecule has 0 unspecified atom stereocenters. The minimum Gasteiger partial charge on any atom is -0.462 e. The van der Waals surface area contributed by atoms with Gasteiger partial charge >= 0.3 is 11.9 Å². The highest BCUT2D eigenvalue weighted by Gasteiger charge is 2.23. The number of furan rings is 1. The number of esters is 2. The van der Waals surface area contributed by atoms with Gasteiger partial charge < -0.3 is 13.9 Å². The monoisotopic (exact) mass is 268 g/mol. The van der Waals surface area contributed by atoms with Gasteiger partial charge in [0, 0.05) is 0 Å². The van der Waals surface area contributed by atoms with Gasteiger partial charge in [-0.3, -0.25) is 0 Å². The normalized spacial score (nSPS) is 10.2. The van der Waals surface area contributed by atoms with Gasteiger partial charge in [-0.05, 0) is 18.9 Å². The van der Waals surface area contributed by atoms with E-state index in [2.05, 4.69) is 0 Å². The third kappa shape index (κ3) is 4.77. The van der Waals surface area contributed by atoms with Crippen LogP contribution in [0.2, 0.25) is 0 Å². The molecule has 0 bridgehead atoms. The molecule has 19 heavy (non-hydrogen) atoms. The van der Waals surface area contributed by atoms with Gasteiger partial charge in [-0.15, -0.1) is 0 Å². The van der Waals surface area contributed by atoms with E-state index in [4.69, 9.17) is 13.9 Å². The summed E-state index contributed by atoms with van der Waals surface area (Å²) in [5.74, 6) is -1.26.